The Labute approximate surface area is 182 Å². The van der Waals surface area contributed by atoms with E-state index in [2.05, 4.69) is 5.32 Å². The lowest BCUT2D eigenvalue weighted by Crippen LogP contribution is -2.45. The molecule has 0 spiro atoms. The highest BCUT2D eigenvalue weighted by atomic mass is 16.3. The number of aryl methyl sites for hydroxylation is 2. The van der Waals surface area contributed by atoms with Crippen LogP contribution >= 0.6 is 0 Å². The largest absolute Gasteiger partial charge is 0.467 e. The average Bonchev–Trinajstić information content (AvgIpc) is 3.29. The quantitative estimate of drug-likeness (QED) is 0.595. The van der Waals surface area contributed by atoms with Gasteiger partial charge in [0.25, 0.3) is 0 Å². The van der Waals surface area contributed by atoms with Crippen molar-refractivity contribution >= 4 is 17.6 Å². The molecule has 0 aliphatic heterocycles. The molecule has 1 aliphatic carbocycles. The third kappa shape index (κ3) is 5.36. The van der Waals surface area contributed by atoms with Crippen LogP contribution in [0.4, 0.5) is 10.5 Å². The maximum Gasteiger partial charge on any atom is 0.322 e. The standard InChI is InChI=1S/C24H28N4O3/c1-18-6-3-7-19(14-18)25-24(30)28(20-10-11-20)17-23(29)27(16-22-9-5-13-31-22)15-21-8-4-12-26(21)2/h3-9,12-14,20H,10-11,15-17H2,1-2H3,(H,25,30). The minimum Gasteiger partial charge on any atom is -0.467 e. The number of rotatable bonds is 8. The monoisotopic (exact) mass is 420 g/mol. The Morgan fingerprint density at radius 1 is 1.13 bits per heavy atom. The summed E-state index contributed by atoms with van der Waals surface area (Å²) in [6, 6.07) is 15.1. The van der Waals surface area contributed by atoms with Crippen molar-refractivity contribution in [3.63, 3.8) is 0 Å². The minimum absolute atomic E-state index is 0.0352. The number of carbonyl (C=O) groups is 2. The second kappa shape index (κ2) is 9.12. The van der Waals surface area contributed by atoms with Crippen molar-refractivity contribution in [3.05, 3.63) is 78.0 Å². The zero-order valence-corrected chi connectivity index (χ0v) is 18.0. The smallest absolute Gasteiger partial charge is 0.322 e. The number of aromatic nitrogens is 1. The van der Waals surface area contributed by atoms with Crippen molar-refractivity contribution in [1.82, 2.24) is 14.4 Å². The van der Waals surface area contributed by atoms with Gasteiger partial charge in [-0.2, -0.15) is 0 Å². The van der Waals surface area contributed by atoms with Crippen LogP contribution in [0.2, 0.25) is 0 Å². The molecule has 4 rings (SSSR count). The van der Waals surface area contributed by atoms with Gasteiger partial charge in [0.2, 0.25) is 5.91 Å². The maximum absolute atomic E-state index is 13.3. The first kappa shape index (κ1) is 20.8. The summed E-state index contributed by atoms with van der Waals surface area (Å²) in [6.45, 7) is 2.82. The van der Waals surface area contributed by atoms with E-state index in [1.807, 2.05) is 73.3 Å². The molecular weight excluding hydrogens is 392 g/mol. The summed E-state index contributed by atoms with van der Waals surface area (Å²) >= 11 is 0. The molecule has 162 valence electrons. The van der Waals surface area contributed by atoms with Crippen LogP contribution in [0, 0.1) is 6.92 Å². The maximum atomic E-state index is 13.3. The number of anilines is 1. The Hall–Kier alpha value is -3.48. The number of urea groups is 1. The van der Waals surface area contributed by atoms with E-state index in [4.69, 9.17) is 4.42 Å². The van der Waals surface area contributed by atoms with Crippen LogP contribution in [0.15, 0.2) is 65.4 Å². The Kier molecular flexibility index (Phi) is 6.11. The average molecular weight is 421 g/mol. The van der Waals surface area contributed by atoms with Gasteiger partial charge in [-0.05, 0) is 61.7 Å². The van der Waals surface area contributed by atoms with Crippen molar-refractivity contribution in [2.24, 2.45) is 7.05 Å². The van der Waals surface area contributed by atoms with Gasteiger partial charge in [0.05, 0.1) is 19.4 Å². The van der Waals surface area contributed by atoms with Crippen molar-refractivity contribution in [1.29, 1.82) is 0 Å². The normalized spacial score (nSPS) is 13.1. The molecule has 2 aromatic heterocycles. The lowest BCUT2D eigenvalue weighted by molar-refractivity contribution is -0.133. The van der Waals surface area contributed by atoms with Crippen molar-refractivity contribution < 1.29 is 14.0 Å². The number of furan rings is 1. The van der Waals surface area contributed by atoms with Gasteiger partial charge in [-0.25, -0.2) is 4.79 Å². The van der Waals surface area contributed by atoms with Gasteiger partial charge in [0.1, 0.15) is 12.3 Å². The highest BCUT2D eigenvalue weighted by Gasteiger charge is 2.35. The third-order valence-corrected chi connectivity index (χ3v) is 5.51. The first-order valence-electron chi connectivity index (χ1n) is 10.5. The van der Waals surface area contributed by atoms with Crippen LogP contribution in [-0.4, -0.2) is 38.9 Å². The van der Waals surface area contributed by atoms with Crippen LogP contribution in [0.5, 0.6) is 0 Å². The molecule has 1 aliphatic rings. The Bertz CT molecular complexity index is 1040. The van der Waals surface area contributed by atoms with Crippen LogP contribution in [0.3, 0.4) is 0 Å². The molecule has 3 aromatic rings. The van der Waals surface area contributed by atoms with Gasteiger partial charge < -0.3 is 24.1 Å². The molecule has 31 heavy (non-hydrogen) atoms. The first-order chi connectivity index (χ1) is 15.0. The van der Waals surface area contributed by atoms with E-state index in [9.17, 15) is 9.59 Å². The Morgan fingerprint density at radius 2 is 1.97 bits per heavy atom. The van der Waals surface area contributed by atoms with E-state index >= 15 is 0 Å². The van der Waals surface area contributed by atoms with E-state index < -0.39 is 0 Å². The number of hydrogen-bond acceptors (Lipinski definition) is 3. The van der Waals surface area contributed by atoms with Gasteiger partial charge in [-0.1, -0.05) is 12.1 Å². The fraction of sp³-hybridized carbons (Fsp3) is 0.333. The zero-order chi connectivity index (χ0) is 21.8. The number of carbonyl (C=O) groups excluding carboxylic acids is 2. The van der Waals surface area contributed by atoms with E-state index in [-0.39, 0.29) is 24.5 Å². The van der Waals surface area contributed by atoms with Gasteiger partial charge in [-0.3, -0.25) is 4.79 Å². The second-order valence-electron chi connectivity index (χ2n) is 8.10. The summed E-state index contributed by atoms with van der Waals surface area (Å²) < 4.78 is 7.46. The number of hydrogen-bond donors (Lipinski definition) is 1. The number of nitrogens with one attached hydrogen (secondary N) is 1. The van der Waals surface area contributed by atoms with E-state index in [0.717, 1.165) is 29.8 Å². The second-order valence-corrected chi connectivity index (χ2v) is 8.10. The van der Waals surface area contributed by atoms with E-state index in [1.165, 1.54) is 0 Å². The van der Waals surface area contributed by atoms with Crippen LogP contribution < -0.4 is 5.32 Å². The highest BCUT2D eigenvalue weighted by Crippen LogP contribution is 2.28. The fourth-order valence-electron chi connectivity index (χ4n) is 3.60. The van der Waals surface area contributed by atoms with E-state index in [1.54, 1.807) is 16.1 Å². The molecule has 1 fully saturated rings. The van der Waals surface area contributed by atoms with Gasteiger partial charge in [0.15, 0.2) is 0 Å². The first-order valence-corrected chi connectivity index (χ1v) is 10.5. The molecule has 7 nitrogen and oxygen atoms in total. The summed E-state index contributed by atoms with van der Waals surface area (Å²) in [7, 11) is 1.96. The number of amides is 3. The van der Waals surface area contributed by atoms with Gasteiger partial charge in [0, 0.05) is 30.7 Å². The number of nitrogens with zero attached hydrogens (tertiary/aromatic N) is 3. The molecule has 0 saturated heterocycles. The molecule has 7 heteroatoms. The van der Waals surface area contributed by atoms with Crippen molar-refractivity contribution in [3.8, 4) is 0 Å². The molecular formula is C24H28N4O3. The summed E-state index contributed by atoms with van der Waals surface area (Å²) in [5.41, 5.74) is 2.82. The summed E-state index contributed by atoms with van der Waals surface area (Å²) in [4.78, 5) is 29.7. The molecule has 0 bridgehead atoms. The fourth-order valence-corrected chi connectivity index (χ4v) is 3.60. The highest BCUT2D eigenvalue weighted by molar-refractivity contribution is 5.92. The van der Waals surface area contributed by atoms with Gasteiger partial charge in [-0.15, -0.1) is 0 Å². The minimum atomic E-state index is -0.238. The summed E-state index contributed by atoms with van der Waals surface area (Å²) in [6.07, 6.45) is 5.40. The van der Waals surface area contributed by atoms with Crippen LogP contribution in [0.1, 0.15) is 29.9 Å². The SMILES string of the molecule is Cc1cccc(NC(=O)N(CC(=O)N(Cc2ccco2)Cc2cccn2C)C2CC2)c1. The molecule has 3 amide bonds. The number of benzene rings is 1. The molecule has 2 heterocycles. The molecule has 0 radical (unpaired) electrons. The predicted octanol–water partition coefficient (Wildman–Crippen LogP) is 4.15. The lowest BCUT2D eigenvalue weighted by Gasteiger charge is -2.27. The molecule has 0 atom stereocenters. The zero-order valence-electron chi connectivity index (χ0n) is 18.0. The van der Waals surface area contributed by atoms with Crippen molar-refractivity contribution in [2.45, 2.75) is 38.9 Å². The van der Waals surface area contributed by atoms with Crippen LogP contribution in [0.25, 0.3) is 0 Å². The molecule has 1 saturated carbocycles. The van der Waals surface area contributed by atoms with E-state index in [0.29, 0.717) is 18.8 Å². The Balaban J connectivity index is 1.48. The predicted molar refractivity (Wildman–Crippen MR) is 118 cm³/mol. The molecule has 1 N–H and O–H groups in total. The Morgan fingerprint density at radius 3 is 2.61 bits per heavy atom. The topological polar surface area (TPSA) is 70.7 Å². The summed E-state index contributed by atoms with van der Waals surface area (Å²) in [5, 5.41) is 2.94. The third-order valence-electron chi connectivity index (χ3n) is 5.51. The molecule has 0 unspecified atom stereocenters. The van der Waals surface area contributed by atoms with Crippen molar-refractivity contribution in [2.75, 3.05) is 11.9 Å². The van der Waals surface area contributed by atoms with Crippen LogP contribution in [-0.2, 0) is 24.9 Å². The molecule has 1 aromatic carbocycles. The van der Waals surface area contributed by atoms with Gasteiger partial charge >= 0.3 is 6.03 Å². The lowest BCUT2D eigenvalue weighted by atomic mass is 10.2. The summed E-state index contributed by atoms with van der Waals surface area (Å²) in [5.74, 6) is 0.605.